The minimum atomic E-state index is 0.418. The molecule has 0 aliphatic carbocycles. The first-order valence-corrected chi connectivity index (χ1v) is 7.70. The molecule has 1 N–H and O–H groups in total. The second-order valence-corrected chi connectivity index (χ2v) is 5.72. The number of anilines is 2. The van der Waals surface area contributed by atoms with Crippen molar-refractivity contribution in [3.05, 3.63) is 53.7 Å². The Balaban J connectivity index is 1.59. The van der Waals surface area contributed by atoms with Gasteiger partial charge in [-0.2, -0.15) is 5.26 Å². The van der Waals surface area contributed by atoms with Crippen LogP contribution in [0.3, 0.4) is 0 Å². The van der Waals surface area contributed by atoms with E-state index in [0.717, 1.165) is 37.3 Å². The molecular weight excluding hydrogens is 272 g/mol. The van der Waals surface area contributed by atoms with Gasteiger partial charge in [0.1, 0.15) is 17.6 Å². The molecule has 0 radical (unpaired) electrons. The Bertz CT molecular complexity index is 667. The van der Waals surface area contributed by atoms with Crippen LogP contribution in [0.2, 0.25) is 0 Å². The second kappa shape index (κ2) is 6.48. The highest BCUT2D eigenvalue weighted by Crippen LogP contribution is 2.21. The molecule has 0 spiro atoms. The van der Waals surface area contributed by atoms with Crippen LogP contribution in [0.1, 0.15) is 24.1 Å². The molecule has 0 unspecified atom stereocenters. The third-order valence-corrected chi connectivity index (χ3v) is 4.17. The number of pyridine rings is 1. The van der Waals surface area contributed by atoms with E-state index in [2.05, 4.69) is 45.5 Å². The Labute approximate surface area is 131 Å². The minimum Gasteiger partial charge on any atom is -0.371 e. The van der Waals surface area contributed by atoms with Gasteiger partial charge in [-0.05, 0) is 43.5 Å². The second-order valence-electron chi connectivity index (χ2n) is 5.72. The van der Waals surface area contributed by atoms with Crippen molar-refractivity contribution in [1.82, 2.24) is 4.98 Å². The number of nitrogens with zero attached hydrogens (tertiary/aromatic N) is 3. The normalized spacial score (nSPS) is 15.4. The molecule has 1 aliphatic heterocycles. The zero-order valence-electron chi connectivity index (χ0n) is 12.8. The molecular formula is C18H20N4. The number of nitrogens with one attached hydrogen (secondary N) is 1. The summed E-state index contributed by atoms with van der Waals surface area (Å²) in [5.41, 5.74) is 2.72. The lowest BCUT2D eigenvalue weighted by Gasteiger charge is -2.34. The minimum absolute atomic E-state index is 0.418. The van der Waals surface area contributed by atoms with Gasteiger partial charge in [-0.1, -0.05) is 24.3 Å². The third kappa shape index (κ3) is 3.20. The van der Waals surface area contributed by atoms with E-state index in [9.17, 15) is 0 Å². The third-order valence-electron chi connectivity index (χ3n) is 4.17. The van der Waals surface area contributed by atoms with Gasteiger partial charge in [0.25, 0.3) is 0 Å². The zero-order valence-corrected chi connectivity index (χ0v) is 12.8. The molecule has 1 saturated heterocycles. The number of benzene rings is 1. The van der Waals surface area contributed by atoms with Crippen molar-refractivity contribution in [2.45, 2.75) is 25.8 Å². The summed E-state index contributed by atoms with van der Waals surface area (Å²) in [5.74, 6) is 0.806. The molecule has 0 saturated carbocycles. The van der Waals surface area contributed by atoms with Gasteiger partial charge >= 0.3 is 0 Å². The van der Waals surface area contributed by atoms with Crippen molar-refractivity contribution in [1.29, 1.82) is 5.26 Å². The summed E-state index contributed by atoms with van der Waals surface area (Å²) >= 11 is 0. The molecule has 0 bridgehead atoms. The quantitative estimate of drug-likeness (QED) is 0.942. The highest BCUT2D eigenvalue weighted by molar-refractivity contribution is 5.47. The summed E-state index contributed by atoms with van der Waals surface area (Å²) in [5, 5.41) is 12.5. The van der Waals surface area contributed by atoms with E-state index in [0.29, 0.717) is 11.7 Å². The van der Waals surface area contributed by atoms with E-state index < -0.39 is 0 Å². The Morgan fingerprint density at radius 1 is 1.14 bits per heavy atom. The predicted molar refractivity (Wildman–Crippen MR) is 89.0 cm³/mol. The van der Waals surface area contributed by atoms with Crippen LogP contribution in [-0.2, 0) is 0 Å². The maximum Gasteiger partial charge on any atom is 0.145 e. The fourth-order valence-corrected chi connectivity index (χ4v) is 2.85. The average Bonchev–Trinajstić information content (AvgIpc) is 2.58. The van der Waals surface area contributed by atoms with Crippen molar-refractivity contribution >= 4 is 11.5 Å². The van der Waals surface area contributed by atoms with Crippen molar-refractivity contribution < 1.29 is 0 Å². The molecule has 0 amide bonds. The standard InChI is InChI=1S/C18H20N4/c1-14-7-8-18(21-17(14)13-19)20-15-9-11-22(12-10-15)16-5-3-2-4-6-16/h2-8,15H,9-12H2,1H3,(H,20,21). The molecule has 112 valence electrons. The van der Waals surface area contributed by atoms with Crippen LogP contribution in [0, 0.1) is 18.3 Å². The average molecular weight is 292 g/mol. The molecule has 1 aliphatic rings. The SMILES string of the molecule is Cc1ccc(NC2CCN(c3ccccc3)CC2)nc1C#N. The van der Waals surface area contributed by atoms with Gasteiger partial charge in [-0.25, -0.2) is 4.98 Å². The van der Waals surface area contributed by atoms with Gasteiger partial charge in [-0.15, -0.1) is 0 Å². The largest absolute Gasteiger partial charge is 0.371 e. The molecule has 4 nitrogen and oxygen atoms in total. The highest BCUT2D eigenvalue weighted by Gasteiger charge is 2.19. The smallest absolute Gasteiger partial charge is 0.145 e. The molecule has 2 heterocycles. The molecule has 1 aromatic carbocycles. The lowest BCUT2D eigenvalue weighted by molar-refractivity contribution is 0.525. The van der Waals surface area contributed by atoms with E-state index in [4.69, 9.17) is 5.26 Å². The molecule has 1 fully saturated rings. The van der Waals surface area contributed by atoms with E-state index in [1.54, 1.807) is 0 Å². The fraction of sp³-hybridized carbons (Fsp3) is 0.333. The summed E-state index contributed by atoms with van der Waals surface area (Å²) in [6, 6.07) is 17.0. The summed E-state index contributed by atoms with van der Waals surface area (Å²) in [4.78, 5) is 6.79. The Hall–Kier alpha value is -2.54. The number of hydrogen-bond acceptors (Lipinski definition) is 4. The fourth-order valence-electron chi connectivity index (χ4n) is 2.85. The Morgan fingerprint density at radius 2 is 1.86 bits per heavy atom. The predicted octanol–water partition coefficient (Wildman–Crippen LogP) is 3.34. The van der Waals surface area contributed by atoms with Crippen molar-refractivity contribution in [3.63, 3.8) is 0 Å². The topological polar surface area (TPSA) is 52.0 Å². The van der Waals surface area contributed by atoms with Crippen LogP contribution in [0.15, 0.2) is 42.5 Å². The van der Waals surface area contributed by atoms with Crippen LogP contribution < -0.4 is 10.2 Å². The number of aryl methyl sites for hydroxylation is 1. The monoisotopic (exact) mass is 292 g/mol. The number of para-hydroxylation sites is 1. The molecule has 4 heteroatoms. The zero-order chi connectivity index (χ0) is 15.4. The van der Waals surface area contributed by atoms with Crippen LogP contribution in [0.25, 0.3) is 0 Å². The van der Waals surface area contributed by atoms with Crippen molar-refractivity contribution in [2.24, 2.45) is 0 Å². The molecule has 1 aromatic heterocycles. The van der Waals surface area contributed by atoms with Crippen molar-refractivity contribution in [3.8, 4) is 6.07 Å². The van der Waals surface area contributed by atoms with Gasteiger partial charge in [0.15, 0.2) is 0 Å². The summed E-state index contributed by atoms with van der Waals surface area (Å²) in [7, 11) is 0. The van der Waals surface area contributed by atoms with E-state index in [1.165, 1.54) is 5.69 Å². The van der Waals surface area contributed by atoms with Crippen LogP contribution in [0.5, 0.6) is 0 Å². The molecule has 0 atom stereocenters. The number of aromatic nitrogens is 1. The summed E-state index contributed by atoms with van der Waals surface area (Å²) < 4.78 is 0. The van der Waals surface area contributed by atoms with E-state index in [-0.39, 0.29) is 0 Å². The number of hydrogen-bond donors (Lipinski definition) is 1. The van der Waals surface area contributed by atoms with E-state index >= 15 is 0 Å². The maximum absolute atomic E-state index is 9.06. The first-order chi connectivity index (χ1) is 10.8. The van der Waals surface area contributed by atoms with Crippen LogP contribution in [0.4, 0.5) is 11.5 Å². The number of piperidine rings is 1. The first kappa shape index (κ1) is 14.4. The van der Waals surface area contributed by atoms with E-state index in [1.807, 2.05) is 25.1 Å². The molecule has 3 rings (SSSR count). The van der Waals surface area contributed by atoms with Crippen LogP contribution in [-0.4, -0.2) is 24.1 Å². The Kier molecular flexibility index (Phi) is 4.24. The summed E-state index contributed by atoms with van der Waals surface area (Å²) in [6.45, 7) is 3.99. The number of rotatable bonds is 3. The van der Waals surface area contributed by atoms with Gasteiger partial charge < -0.3 is 10.2 Å². The summed E-state index contributed by atoms with van der Waals surface area (Å²) in [6.07, 6.45) is 2.15. The van der Waals surface area contributed by atoms with Gasteiger partial charge in [-0.3, -0.25) is 0 Å². The van der Waals surface area contributed by atoms with Gasteiger partial charge in [0.05, 0.1) is 0 Å². The van der Waals surface area contributed by atoms with Crippen LogP contribution >= 0.6 is 0 Å². The van der Waals surface area contributed by atoms with Gasteiger partial charge in [0.2, 0.25) is 0 Å². The van der Waals surface area contributed by atoms with Crippen molar-refractivity contribution in [2.75, 3.05) is 23.3 Å². The number of nitriles is 1. The lowest BCUT2D eigenvalue weighted by Crippen LogP contribution is -2.39. The molecule has 2 aromatic rings. The maximum atomic E-state index is 9.06. The highest BCUT2D eigenvalue weighted by atomic mass is 15.2. The Morgan fingerprint density at radius 3 is 2.55 bits per heavy atom. The van der Waals surface area contributed by atoms with Gasteiger partial charge in [0, 0.05) is 24.8 Å². The first-order valence-electron chi connectivity index (χ1n) is 7.70. The molecule has 22 heavy (non-hydrogen) atoms. The lowest BCUT2D eigenvalue weighted by atomic mass is 10.0.